The number of Topliss-reactive ketones (excluding diaryl/α,β-unsaturated/α-hetero) is 1. The van der Waals surface area contributed by atoms with E-state index < -0.39 is 255 Å². The number of unbranched alkanes of at least 4 members (excludes halogenated alkanes) is 6. The number of rotatable bonds is 55. The number of fused-ring (bicyclic) bond motifs is 1. The molecule has 13 atom stereocenters. The number of nitrogens with two attached hydrogens (primary N) is 4. The highest BCUT2D eigenvalue weighted by molar-refractivity contribution is 6.05. The number of anilines is 1. The van der Waals surface area contributed by atoms with Gasteiger partial charge in [0.05, 0.1) is 57.8 Å². The van der Waals surface area contributed by atoms with Crippen LogP contribution in [0.3, 0.4) is 0 Å². The first-order valence-electron chi connectivity index (χ1n) is 36.8. The Labute approximate surface area is 663 Å². The highest BCUT2D eigenvalue weighted by atomic mass is 16.5. The zero-order chi connectivity index (χ0) is 87.1. The molecule has 0 fully saturated rings. The first-order valence-corrected chi connectivity index (χ1v) is 36.8. The Hall–Kier alpha value is -12.7. The summed E-state index contributed by atoms with van der Waals surface area (Å²) in [6.45, 7) is 1.52. The Balaban J connectivity index is 2.17. The molecule has 0 aliphatic rings. The van der Waals surface area contributed by atoms with Gasteiger partial charge in [0.1, 0.15) is 66.5 Å². The maximum atomic E-state index is 14.8. The number of aliphatic carboxylic acids is 5. The second-order valence-electron chi connectivity index (χ2n) is 27.1. The molecule has 0 spiro atoms. The molecule has 0 radical (unpaired) electrons. The van der Waals surface area contributed by atoms with Gasteiger partial charge < -0.3 is 127 Å². The van der Waals surface area contributed by atoms with Crippen LogP contribution in [0.2, 0.25) is 0 Å². The Morgan fingerprint density at radius 3 is 1.51 bits per heavy atom. The van der Waals surface area contributed by atoms with E-state index in [-0.39, 0.29) is 43.5 Å². The van der Waals surface area contributed by atoms with Crippen molar-refractivity contribution in [3.05, 3.63) is 65.9 Å². The van der Waals surface area contributed by atoms with E-state index in [4.69, 9.17) is 27.7 Å². The van der Waals surface area contributed by atoms with Crippen LogP contribution in [0.1, 0.15) is 146 Å². The topological polar surface area (TPSA) is 736 Å². The number of aliphatic hydroxyl groups is 1. The van der Waals surface area contributed by atoms with Gasteiger partial charge in [0, 0.05) is 47.6 Å². The molecule has 1 aromatic heterocycles. The molecule has 0 aliphatic heterocycles. The fourth-order valence-corrected chi connectivity index (χ4v) is 11.4. The Bertz CT molecular complexity index is 4020. The lowest BCUT2D eigenvalue weighted by Crippen LogP contribution is -2.62. The normalized spacial score (nSPS) is 14.3. The van der Waals surface area contributed by atoms with Gasteiger partial charge in [0.2, 0.25) is 76.8 Å². The van der Waals surface area contributed by atoms with Gasteiger partial charge in [0.15, 0.2) is 5.78 Å². The van der Waals surface area contributed by atoms with Crippen LogP contribution in [0.25, 0.3) is 10.9 Å². The third-order valence-electron chi connectivity index (χ3n) is 17.5. The number of carboxylic acids is 5. The average Bonchev–Trinajstić information content (AvgIpc) is 1.67. The van der Waals surface area contributed by atoms with Crippen molar-refractivity contribution < 1.29 is 131 Å². The van der Waals surface area contributed by atoms with Crippen molar-refractivity contribution in [2.45, 2.75) is 209 Å². The van der Waals surface area contributed by atoms with E-state index in [0.29, 0.717) is 29.3 Å². The van der Waals surface area contributed by atoms with E-state index >= 15 is 0 Å². The fourth-order valence-electron chi connectivity index (χ4n) is 11.4. The van der Waals surface area contributed by atoms with Gasteiger partial charge in [-0.1, -0.05) is 82.7 Å². The minimum absolute atomic E-state index is 0.0236. The van der Waals surface area contributed by atoms with E-state index in [1.165, 1.54) is 31.2 Å². The third kappa shape index (κ3) is 34.7. The van der Waals surface area contributed by atoms with Crippen molar-refractivity contribution in [3.63, 3.8) is 0 Å². The number of ketones is 1. The van der Waals surface area contributed by atoms with Crippen molar-refractivity contribution >= 4 is 135 Å². The molecule has 3 aromatic rings. The predicted octanol–water partition coefficient (Wildman–Crippen LogP) is -5.71. The van der Waals surface area contributed by atoms with Crippen molar-refractivity contribution in [1.82, 2.24) is 68.8 Å². The highest BCUT2D eigenvalue weighted by Crippen LogP contribution is 2.21. The van der Waals surface area contributed by atoms with Crippen LogP contribution in [0.15, 0.2) is 54.7 Å². The Morgan fingerprint density at radius 1 is 0.466 bits per heavy atom. The number of aromatic amines is 1. The van der Waals surface area contributed by atoms with Crippen molar-refractivity contribution in [1.29, 1.82) is 0 Å². The Morgan fingerprint density at radius 2 is 0.940 bits per heavy atom. The lowest BCUT2D eigenvalue weighted by molar-refractivity contribution is -0.156. The molecule has 116 heavy (non-hydrogen) atoms. The number of amides is 13. The summed E-state index contributed by atoms with van der Waals surface area (Å²) in [7, 11) is 0. The number of hydrogen-bond acceptors (Lipinski definition) is 25. The van der Waals surface area contributed by atoms with E-state index in [2.05, 4.69) is 59.8 Å². The number of hydrogen-bond donors (Lipinski definition) is 23. The highest BCUT2D eigenvalue weighted by Gasteiger charge is 2.41. The van der Waals surface area contributed by atoms with E-state index in [9.17, 15) is 127 Å². The number of primary amides is 1. The summed E-state index contributed by atoms with van der Waals surface area (Å²) in [4.78, 5) is 270. The van der Waals surface area contributed by atoms with E-state index in [1.54, 1.807) is 30.5 Å². The largest absolute Gasteiger partial charge is 0.481 e. The summed E-state index contributed by atoms with van der Waals surface area (Å²) < 4.78 is 5.66. The third-order valence-corrected chi connectivity index (χ3v) is 17.5. The molecule has 638 valence electrons. The van der Waals surface area contributed by atoms with Crippen LogP contribution in [0.5, 0.6) is 0 Å². The molecule has 13 amide bonds. The van der Waals surface area contributed by atoms with Crippen LogP contribution in [-0.4, -0.2) is 253 Å². The van der Waals surface area contributed by atoms with Crippen LogP contribution in [0.4, 0.5) is 5.69 Å². The van der Waals surface area contributed by atoms with Gasteiger partial charge in [0.25, 0.3) is 0 Å². The molecule has 0 aliphatic carbocycles. The summed E-state index contributed by atoms with van der Waals surface area (Å²) in [5.74, 6) is -29.4. The van der Waals surface area contributed by atoms with Crippen LogP contribution < -0.4 is 86.7 Å². The number of carbonyl (C=O) groups excluding carboxylic acids is 15. The summed E-state index contributed by atoms with van der Waals surface area (Å²) in [5.41, 5.74) is 23.4. The average molecular weight is 1640 g/mol. The number of esters is 1. The van der Waals surface area contributed by atoms with Gasteiger partial charge >= 0.3 is 35.8 Å². The van der Waals surface area contributed by atoms with Crippen molar-refractivity contribution in [2.24, 2.45) is 23.1 Å². The van der Waals surface area contributed by atoms with Crippen LogP contribution in [-0.2, 0) is 102 Å². The summed E-state index contributed by atoms with van der Waals surface area (Å²) in [6.07, 6.45) is -2.03. The quantitative estimate of drug-likeness (QED) is 0.0108. The van der Waals surface area contributed by atoms with Crippen molar-refractivity contribution in [3.8, 4) is 0 Å². The number of H-pyrrole nitrogens is 1. The molecule has 1 heterocycles. The van der Waals surface area contributed by atoms with Gasteiger partial charge in [-0.25, -0.2) is 9.59 Å². The minimum Gasteiger partial charge on any atom is -0.481 e. The number of nitrogen functional groups attached to an aromatic ring is 1. The van der Waals surface area contributed by atoms with Gasteiger partial charge in [-0.05, 0) is 69.3 Å². The number of ether oxygens (including phenoxy) is 1. The molecule has 44 heteroatoms. The molecule has 0 bridgehead atoms. The number of aliphatic hydroxyl groups excluding tert-OH is 1. The molecule has 3 rings (SSSR count). The monoisotopic (exact) mass is 1640 g/mol. The second-order valence-corrected chi connectivity index (χ2v) is 27.1. The zero-order valence-electron chi connectivity index (χ0n) is 64.1. The van der Waals surface area contributed by atoms with Gasteiger partial charge in [-0.15, -0.1) is 0 Å². The second kappa shape index (κ2) is 49.7. The lowest BCUT2D eigenvalue weighted by Gasteiger charge is -2.30. The number of aromatic nitrogens is 1. The molecule has 44 nitrogen and oxygen atoms in total. The fraction of sp³-hybridized carbons (Fsp3) is 0.528. The SMILES string of the molecule is CCCCCCCCCC(=O)N[C@@H](Cc1c[nH]c2ccccc12)C(=O)N[C@H](CC(N)=O)C(=O)N[C@@H](CC(=O)O)C(=O)NC(C(=O)NCC(=O)N[C@@H](CCCN)C(=O)N[C@@H](CC(=O)O)C(=O)O)[C@H](C)OC(=O)[C@H](CC(=O)c1ccccc1N)NC(=O)[C@H](NC(=O)[C@@H](CO)NC(=O)CNC(=O)[C@H](CC(=O)O)NC(=O)[C@@H](C)N)[C@@H](C)CC(=O)O. The molecule has 0 saturated carbocycles. The maximum absolute atomic E-state index is 14.8. The van der Waals surface area contributed by atoms with E-state index in [0.717, 1.165) is 46.0 Å². The molecular weight excluding hydrogens is 1530 g/mol. The molecular formula is C72H103N17O27. The molecule has 0 saturated heterocycles. The maximum Gasteiger partial charge on any atom is 0.329 e. The summed E-state index contributed by atoms with van der Waals surface area (Å²) >= 11 is 0. The summed E-state index contributed by atoms with van der Waals surface area (Å²) in [6, 6.07) is -9.63. The first-order chi connectivity index (χ1) is 54.7. The van der Waals surface area contributed by atoms with Gasteiger partial charge in [-0.3, -0.25) is 86.3 Å². The lowest BCUT2D eigenvalue weighted by atomic mass is 9.96. The van der Waals surface area contributed by atoms with Crippen LogP contribution >= 0.6 is 0 Å². The Kier molecular flexibility index (Phi) is 41.7. The number of benzene rings is 2. The van der Waals surface area contributed by atoms with E-state index in [1.807, 2.05) is 16.0 Å². The van der Waals surface area contributed by atoms with Crippen molar-refractivity contribution in [2.75, 3.05) is 32.0 Å². The number of carboxylic acid groups (broad SMARTS) is 5. The standard InChI is InChI=1S/C72H103N17O27/c1-5-6-7-8-9-10-11-22-53(93)81-44(25-38-31-77-42-20-15-13-17-39(38)42)65(107)84-45(27-52(76)92)66(108)85-47(29-58(100)101)67(109)89-61(69(111)79-33-54(94)80-43(21-16-23-73)64(106)86-48(71(113)114)30-59(102)103)37(4)116-72(115)49(26-51(91)40-18-12-14-19-41(40)75)87-70(112)60(35(2)24-56(96)97)88-68(110)50(34-90)82-55(95)32-78-63(105)46(28-57(98)99)83-62(104)36(3)74/h12-15,17-20,31,35-37,43-50,60-61,77,90H,5-11,16,21-30,32-34,73-75H2,1-4H3,(H2,76,92)(H,78,105)(H,79,111)(H,80,94)(H,81,93)(H,82,95)(H,83,104)(H,84,107)(H,85,108)(H,86,106)(H,87,112)(H,88,110)(H,89,109)(H,96,97)(H,98,99)(H,100,101)(H,102,103)(H,113,114)/t35-,36+,37-,43-,44-,45+,46-,47-,48-,49-,50+,60+,61?/m0/s1. The number of para-hydroxylation sites is 2. The minimum atomic E-state index is -2.46. The smallest absolute Gasteiger partial charge is 0.329 e. The van der Waals surface area contributed by atoms with Crippen LogP contribution in [0, 0.1) is 5.92 Å². The molecule has 27 N–H and O–H groups in total. The van der Waals surface area contributed by atoms with Gasteiger partial charge in [-0.2, -0.15) is 0 Å². The number of carbonyl (C=O) groups is 20. The molecule has 1 unspecified atom stereocenters. The first kappa shape index (κ1) is 97.5. The summed E-state index contributed by atoms with van der Waals surface area (Å²) in [5, 5.41) is 85.0. The zero-order valence-corrected chi connectivity index (χ0v) is 64.1. The number of nitrogens with one attached hydrogen (secondary N) is 13. The molecule has 2 aromatic carbocycles. The predicted molar refractivity (Wildman–Crippen MR) is 404 cm³/mol.